The molecule has 2 unspecified atom stereocenters. The van der Waals surface area contributed by atoms with Crippen molar-refractivity contribution >= 4 is 12.1 Å². The summed E-state index contributed by atoms with van der Waals surface area (Å²) in [7, 11) is 1.40. The van der Waals surface area contributed by atoms with Crippen LogP contribution in [0.2, 0.25) is 0 Å². The summed E-state index contributed by atoms with van der Waals surface area (Å²) < 4.78 is 10.2. The lowest BCUT2D eigenvalue weighted by atomic mass is 9.99. The van der Waals surface area contributed by atoms with E-state index in [1.165, 1.54) is 25.3 Å². The minimum absolute atomic E-state index is 0.111. The fourth-order valence-electron chi connectivity index (χ4n) is 2.27. The molecule has 0 aliphatic rings. The summed E-state index contributed by atoms with van der Waals surface area (Å²) in [5.41, 5.74) is 0.244. The quantitative estimate of drug-likeness (QED) is 0.549. The maximum atomic E-state index is 11.5. The summed E-state index contributed by atoms with van der Waals surface area (Å²) in [6.45, 7) is 5.35. The molecule has 0 fully saturated rings. The molecule has 0 saturated carbocycles. The van der Waals surface area contributed by atoms with E-state index in [9.17, 15) is 19.8 Å². The van der Waals surface area contributed by atoms with Crippen LogP contribution in [0.4, 0.5) is 4.79 Å². The molecule has 0 aliphatic heterocycles. The first-order chi connectivity index (χ1) is 12.0. The molecule has 1 aromatic rings. The lowest BCUT2D eigenvalue weighted by Gasteiger charge is -2.21. The molecule has 1 amide bonds. The highest BCUT2D eigenvalue weighted by Crippen LogP contribution is 2.26. The number of methoxy groups -OCH3 is 1. The summed E-state index contributed by atoms with van der Waals surface area (Å²) >= 11 is 0. The number of carbonyl (C=O) groups is 2. The molecule has 146 valence electrons. The Labute approximate surface area is 152 Å². The van der Waals surface area contributed by atoms with Crippen LogP contribution in [-0.4, -0.2) is 52.7 Å². The van der Waals surface area contributed by atoms with E-state index in [0.717, 1.165) is 0 Å². The number of carbonyl (C=O) groups excluding carboxylic acids is 1. The van der Waals surface area contributed by atoms with Gasteiger partial charge in [-0.25, -0.2) is 4.79 Å². The first-order valence-electron chi connectivity index (χ1n) is 8.25. The summed E-state index contributed by atoms with van der Waals surface area (Å²) in [6.07, 6.45) is -3.02. The summed E-state index contributed by atoms with van der Waals surface area (Å²) in [5.74, 6) is -0.673. The number of rotatable bonds is 8. The van der Waals surface area contributed by atoms with Crippen LogP contribution in [0.1, 0.15) is 44.4 Å². The van der Waals surface area contributed by atoms with Gasteiger partial charge < -0.3 is 30.1 Å². The number of carboxylic acid groups (broad SMARTS) is 1. The number of amides is 1. The van der Waals surface area contributed by atoms with Gasteiger partial charge in [-0.1, -0.05) is 12.1 Å². The Bertz CT molecular complexity index is 624. The van der Waals surface area contributed by atoms with Crippen LogP contribution in [-0.2, 0) is 16.0 Å². The van der Waals surface area contributed by atoms with Gasteiger partial charge in [0.1, 0.15) is 17.5 Å². The molecule has 0 aromatic heterocycles. The van der Waals surface area contributed by atoms with Gasteiger partial charge in [-0.2, -0.15) is 0 Å². The average Bonchev–Trinajstić information content (AvgIpc) is 2.52. The first kappa shape index (κ1) is 21.7. The Morgan fingerprint density at radius 2 is 1.88 bits per heavy atom. The number of ether oxygens (including phenoxy) is 2. The minimum atomic E-state index is -1.21. The number of aliphatic carboxylic acids is 1. The summed E-state index contributed by atoms with van der Waals surface area (Å²) in [5, 5.41) is 31.8. The monoisotopic (exact) mass is 369 g/mol. The number of hydrogen-bond donors (Lipinski definition) is 4. The zero-order valence-electron chi connectivity index (χ0n) is 15.5. The number of carboxylic acids is 1. The molecule has 0 saturated heterocycles. The van der Waals surface area contributed by atoms with Gasteiger partial charge in [-0.3, -0.25) is 4.79 Å². The van der Waals surface area contributed by atoms with Crippen molar-refractivity contribution < 1.29 is 34.4 Å². The van der Waals surface area contributed by atoms with Crippen LogP contribution in [0.15, 0.2) is 18.2 Å². The molecule has 8 heteroatoms. The van der Waals surface area contributed by atoms with E-state index < -0.39 is 29.9 Å². The molecule has 0 heterocycles. The standard InChI is InChI=1S/C18H27NO7/c1-18(2,3)26-17(24)19-8-7-13(20)16(23)12-6-5-11(10-15(21)22)14(9-12)25-4/h5-6,9,13,16,20,23H,7-8,10H2,1-4H3,(H,19,24)(H,21,22). The van der Waals surface area contributed by atoms with Gasteiger partial charge >= 0.3 is 12.1 Å². The van der Waals surface area contributed by atoms with Crippen LogP contribution < -0.4 is 10.1 Å². The fourth-order valence-corrected chi connectivity index (χ4v) is 2.27. The summed E-state index contributed by atoms with van der Waals surface area (Å²) in [6, 6.07) is 4.57. The molecule has 26 heavy (non-hydrogen) atoms. The van der Waals surface area contributed by atoms with Gasteiger partial charge in [0.05, 0.1) is 19.6 Å². The zero-order chi connectivity index (χ0) is 19.9. The third kappa shape index (κ3) is 7.28. The van der Waals surface area contributed by atoms with Crippen LogP contribution in [0, 0.1) is 0 Å². The minimum Gasteiger partial charge on any atom is -0.496 e. The average molecular weight is 369 g/mol. The first-order valence-corrected chi connectivity index (χ1v) is 8.25. The van der Waals surface area contributed by atoms with E-state index >= 15 is 0 Å². The smallest absolute Gasteiger partial charge is 0.407 e. The number of alkyl carbamates (subject to hydrolysis) is 1. The zero-order valence-corrected chi connectivity index (χ0v) is 15.5. The van der Waals surface area contributed by atoms with Crippen LogP contribution in [0.3, 0.4) is 0 Å². The second kappa shape index (κ2) is 9.40. The molecular weight excluding hydrogens is 342 g/mol. The van der Waals surface area contributed by atoms with E-state index in [0.29, 0.717) is 16.9 Å². The van der Waals surface area contributed by atoms with E-state index in [1.54, 1.807) is 20.8 Å². The van der Waals surface area contributed by atoms with Gasteiger partial charge in [0.25, 0.3) is 0 Å². The predicted molar refractivity (Wildman–Crippen MR) is 94.2 cm³/mol. The molecule has 0 radical (unpaired) electrons. The van der Waals surface area contributed by atoms with Crippen molar-refractivity contribution in [1.82, 2.24) is 5.32 Å². The van der Waals surface area contributed by atoms with Crippen molar-refractivity contribution in [2.75, 3.05) is 13.7 Å². The summed E-state index contributed by atoms with van der Waals surface area (Å²) in [4.78, 5) is 22.4. The fraction of sp³-hybridized carbons (Fsp3) is 0.556. The molecule has 8 nitrogen and oxygen atoms in total. The number of aliphatic hydroxyl groups is 2. The number of hydrogen-bond acceptors (Lipinski definition) is 6. The normalized spacial score (nSPS) is 13.6. The maximum Gasteiger partial charge on any atom is 0.407 e. The van der Waals surface area contributed by atoms with Crippen molar-refractivity contribution in [3.63, 3.8) is 0 Å². The molecular formula is C18H27NO7. The highest BCUT2D eigenvalue weighted by atomic mass is 16.6. The van der Waals surface area contributed by atoms with Gasteiger partial charge in [0.2, 0.25) is 0 Å². The Balaban J connectivity index is 2.63. The lowest BCUT2D eigenvalue weighted by Crippen LogP contribution is -2.34. The van der Waals surface area contributed by atoms with Gasteiger partial charge in [0.15, 0.2) is 0 Å². The molecule has 0 spiro atoms. The van der Waals surface area contributed by atoms with Crippen LogP contribution in [0.5, 0.6) is 5.75 Å². The number of aliphatic hydroxyl groups excluding tert-OH is 2. The Hall–Kier alpha value is -2.32. The second-order valence-electron chi connectivity index (χ2n) is 6.87. The lowest BCUT2D eigenvalue weighted by molar-refractivity contribution is -0.136. The van der Waals surface area contributed by atoms with Gasteiger partial charge in [0, 0.05) is 12.1 Å². The van der Waals surface area contributed by atoms with E-state index in [2.05, 4.69) is 5.32 Å². The highest BCUT2D eigenvalue weighted by Gasteiger charge is 2.21. The van der Waals surface area contributed by atoms with E-state index in [4.69, 9.17) is 14.6 Å². The molecule has 0 bridgehead atoms. The van der Waals surface area contributed by atoms with E-state index in [1.807, 2.05) is 0 Å². The Morgan fingerprint density at radius 1 is 1.23 bits per heavy atom. The predicted octanol–water partition coefficient (Wildman–Crippen LogP) is 1.63. The highest BCUT2D eigenvalue weighted by molar-refractivity contribution is 5.71. The number of benzene rings is 1. The van der Waals surface area contributed by atoms with Gasteiger partial charge in [-0.05, 0) is 38.8 Å². The third-order valence-electron chi connectivity index (χ3n) is 3.47. The third-order valence-corrected chi connectivity index (χ3v) is 3.47. The van der Waals surface area contributed by atoms with Crippen LogP contribution in [0.25, 0.3) is 0 Å². The van der Waals surface area contributed by atoms with Crippen molar-refractivity contribution in [3.8, 4) is 5.75 Å². The molecule has 1 aromatic carbocycles. The molecule has 2 atom stereocenters. The molecule has 0 aliphatic carbocycles. The van der Waals surface area contributed by atoms with Crippen molar-refractivity contribution in [1.29, 1.82) is 0 Å². The van der Waals surface area contributed by atoms with Crippen molar-refractivity contribution in [2.24, 2.45) is 0 Å². The van der Waals surface area contributed by atoms with Crippen LogP contribution >= 0.6 is 0 Å². The number of nitrogens with one attached hydrogen (secondary N) is 1. The van der Waals surface area contributed by atoms with Crippen molar-refractivity contribution in [2.45, 2.75) is 51.4 Å². The maximum absolute atomic E-state index is 11.5. The molecule has 4 N–H and O–H groups in total. The second-order valence-corrected chi connectivity index (χ2v) is 6.87. The largest absolute Gasteiger partial charge is 0.496 e. The molecule has 1 rings (SSSR count). The Kier molecular flexibility index (Phi) is 7.85. The van der Waals surface area contributed by atoms with Gasteiger partial charge in [-0.15, -0.1) is 0 Å². The van der Waals surface area contributed by atoms with Crippen molar-refractivity contribution in [3.05, 3.63) is 29.3 Å². The SMILES string of the molecule is COc1cc(C(O)C(O)CCNC(=O)OC(C)(C)C)ccc1CC(=O)O. The topological polar surface area (TPSA) is 125 Å². The Morgan fingerprint density at radius 3 is 2.42 bits per heavy atom. The van der Waals surface area contributed by atoms with E-state index in [-0.39, 0.29) is 19.4 Å².